The number of nitrogens with one attached hydrogen (secondary N) is 1. The summed E-state index contributed by atoms with van der Waals surface area (Å²) >= 11 is 0. The molecular formula is C17H26N2O. The monoisotopic (exact) mass is 274 g/mol. The van der Waals surface area contributed by atoms with Gasteiger partial charge in [-0.1, -0.05) is 20.8 Å². The summed E-state index contributed by atoms with van der Waals surface area (Å²) in [5, 5.41) is 3.15. The van der Waals surface area contributed by atoms with Crippen LogP contribution in [0.5, 0.6) is 0 Å². The van der Waals surface area contributed by atoms with Crippen LogP contribution in [0.2, 0.25) is 0 Å². The van der Waals surface area contributed by atoms with Crippen molar-refractivity contribution >= 4 is 5.69 Å². The van der Waals surface area contributed by atoms with Gasteiger partial charge in [0.15, 0.2) is 0 Å². The average molecular weight is 274 g/mol. The van der Waals surface area contributed by atoms with E-state index in [0.717, 1.165) is 17.3 Å². The van der Waals surface area contributed by atoms with Gasteiger partial charge in [-0.15, -0.1) is 0 Å². The standard InChI is InChI=1S/C17H26N2O/c1-16(2)12-5-7-17(16,3)15(9-12)20-11-14-10-13(18-4)6-8-19-14/h6,8,10,12,15H,5,7,9,11H2,1-4H3,(H,18,19). The van der Waals surface area contributed by atoms with Crippen molar-refractivity contribution in [2.45, 2.75) is 52.7 Å². The van der Waals surface area contributed by atoms with Crippen LogP contribution in [-0.4, -0.2) is 18.1 Å². The minimum Gasteiger partial charge on any atom is -0.388 e. The molecule has 110 valence electrons. The SMILES string of the molecule is CNc1ccnc(COC2CC3CCC2(C)C3(C)C)c1. The van der Waals surface area contributed by atoms with Gasteiger partial charge in [-0.25, -0.2) is 0 Å². The molecule has 0 radical (unpaired) electrons. The Bertz CT molecular complexity index is 500. The number of pyridine rings is 1. The molecular weight excluding hydrogens is 248 g/mol. The molecule has 0 saturated heterocycles. The van der Waals surface area contributed by atoms with Gasteiger partial charge in [0, 0.05) is 18.9 Å². The molecule has 1 heterocycles. The number of hydrogen-bond donors (Lipinski definition) is 1. The zero-order chi connectivity index (χ0) is 14.4. The lowest BCUT2D eigenvalue weighted by Gasteiger charge is -2.38. The molecule has 1 aromatic rings. The summed E-state index contributed by atoms with van der Waals surface area (Å²) < 4.78 is 6.27. The number of fused-ring (bicyclic) bond motifs is 2. The van der Waals surface area contributed by atoms with Gasteiger partial charge in [-0.2, -0.15) is 0 Å². The first-order chi connectivity index (χ1) is 9.47. The Hall–Kier alpha value is -1.09. The largest absolute Gasteiger partial charge is 0.388 e. The summed E-state index contributed by atoms with van der Waals surface area (Å²) in [5.41, 5.74) is 2.86. The van der Waals surface area contributed by atoms with Crippen molar-refractivity contribution in [2.75, 3.05) is 12.4 Å². The lowest BCUT2D eigenvalue weighted by molar-refractivity contribution is -0.0560. The van der Waals surface area contributed by atoms with E-state index in [1.165, 1.54) is 19.3 Å². The molecule has 0 aromatic carbocycles. The average Bonchev–Trinajstić information content (AvgIpc) is 2.78. The molecule has 2 bridgehead atoms. The number of aromatic nitrogens is 1. The summed E-state index contributed by atoms with van der Waals surface area (Å²) in [5.74, 6) is 0.828. The maximum absolute atomic E-state index is 6.27. The second-order valence-corrected chi connectivity index (χ2v) is 7.20. The second kappa shape index (κ2) is 4.73. The van der Waals surface area contributed by atoms with Crippen molar-refractivity contribution in [3.8, 4) is 0 Å². The van der Waals surface area contributed by atoms with E-state index in [9.17, 15) is 0 Å². The molecule has 0 amide bonds. The molecule has 3 heteroatoms. The van der Waals surface area contributed by atoms with Crippen molar-refractivity contribution in [3.63, 3.8) is 0 Å². The summed E-state index contributed by atoms with van der Waals surface area (Å²) in [6.07, 6.45) is 6.12. The smallest absolute Gasteiger partial charge is 0.0892 e. The lowest BCUT2D eigenvalue weighted by Crippen LogP contribution is -2.37. The first kappa shape index (κ1) is 13.9. The Balaban J connectivity index is 1.68. The highest BCUT2D eigenvalue weighted by atomic mass is 16.5. The van der Waals surface area contributed by atoms with Crippen LogP contribution in [0, 0.1) is 16.7 Å². The first-order valence-electron chi connectivity index (χ1n) is 7.71. The van der Waals surface area contributed by atoms with Crippen molar-refractivity contribution in [1.29, 1.82) is 0 Å². The zero-order valence-corrected chi connectivity index (χ0v) is 13.1. The molecule has 2 aliphatic carbocycles. The molecule has 1 N–H and O–H groups in total. The molecule has 2 saturated carbocycles. The van der Waals surface area contributed by atoms with Crippen LogP contribution in [0.3, 0.4) is 0 Å². The van der Waals surface area contributed by atoms with Crippen LogP contribution in [-0.2, 0) is 11.3 Å². The maximum atomic E-state index is 6.27. The van der Waals surface area contributed by atoms with Crippen molar-refractivity contribution < 1.29 is 4.74 Å². The van der Waals surface area contributed by atoms with Crippen molar-refractivity contribution in [1.82, 2.24) is 4.98 Å². The van der Waals surface area contributed by atoms with Gasteiger partial charge in [-0.05, 0) is 48.1 Å². The Morgan fingerprint density at radius 3 is 2.80 bits per heavy atom. The Labute approximate surface area is 122 Å². The Morgan fingerprint density at radius 2 is 2.20 bits per heavy atom. The van der Waals surface area contributed by atoms with Gasteiger partial charge in [0.25, 0.3) is 0 Å². The molecule has 2 aliphatic rings. The molecule has 3 nitrogen and oxygen atoms in total. The fourth-order valence-electron chi connectivity index (χ4n) is 4.28. The van der Waals surface area contributed by atoms with E-state index < -0.39 is 0 Å². The number of ether oxygens (including phenoxy) is 1. The predicted molar refractivity (Wildman–Crippen MR) is 81.6 cm³/mol. The van der Waals surface area contributed by atoms with E-state index >= 15 is 0 Å². The van der Waals surface area contributed by atoms with E-state index in [1.54, 1.807) is 0 Å². The van der Waals surface area contributed by atoms with Gasteiger partial charge in [0.1, 0.15) is 0 Å². The van der Waals surface area contributed by atoms with Gasteiger partial charge < -0.3 is 10.1 Å². The van der Waals surface area contributed by atoms with Gasteiger partial charge >= 0.3 is 0 Å². The highest BCUT2D eigenvalue weighted by Gasteiger charge is 2.61. The molecule has 2 fully saturated rings. The van der Waals surface area contributed by atoms with Gasteiger partial charge in [-0.3, -0.25) is 4.98 Å². The zero-order valence-electron chi connectivity index (χ0n) is 13.1. The molecule has 1 aromatic heterocycles. The predicted octanol–water partition coefficient (Wildman–Crippen LogP) is 3.85. The van der Waals surface area contributed by atoms with Crippen molar-refractivity contribution in [3.05, 3.63) is 24.0 Å². The van der Waals surface area contributed by atoms with Crippen LogP contribution >= 0.6 is 0 Å². The third-order valence-electron chi connectivity index (χ3n) is 6.25. The van der Waals surface area contributed by atoms with E-state index in [4.69, 9.17) is 4.74 Å². The minimum absolute atomic E-state index is 0.332. The quantitative estimate of drug-likeness (QED) is 0.905. The van der Waals surface area contributed by atoms with E-state index in [2.05, 4.69) is 37.1 Å². The van der Waals surface area contributed by atoms with Crippen LogP contribution in [0.1, 0.15) is 45.7 Å². The van der Waals surface area contributed by atoms with E-state index in [-0.39, 0.29) is 0 Å². The van der Waals surface area contributed by atoms with Crippen LogP contribution in [0.4, 0.5) is 5.69 Å². The van der Waals surface area contributed by atoms with Crippen LogP contribution < -0.4 is 5.32 Å². The fraction of sp³-hybridized carbons (Fsp3) is 0.706. The Morgan fingerprint density at radius 1 is 1.40 bits per heavy atom. The lowest BCUT2D eigenvalue weighted by atomic mass is 9.70. The number of nitrogens with zero attached hydrogens (tertiary/aromatic N) is 1. The summed E-state index contributed by atoms with van der Waals surface area (Å²) in [7, 11) is 1.93. The minimum atomic E-state index is 0.332. The van der Waals surface area contributed by atoms with Crippen LogP contribution in [0.15, 0.2) is 18.3 Å². The summed E-state index contributed by atoms with van der Waals surface area (Å²) in [6.45, 7) is 7.89. The number of anilines is 1. The molecule has 0 aliphatic heterocycles. The normalized spacial score (nSPS) is 34.4. The fourth-order valence-corrected chi connectivity index (χ4v) is 4.28. The highest BCUT2D eigenvalue weighted by molar-refractivity contribution is 5.42. The van der Waals surface area contributed by atoms with Crippen molar-refractivity contribution in [2.24, 2.45) is 16.7 Å². The second-order valence-electron chi connectivity index (χ2n) is 7.20. The molecule has 3 unspecified atom stereocenters. The number of hydrogen-bond acceptors (Lipinski definition) is 3. The highest BCUT2D eigenvalue weighted by Crippen LogP contribution is 2.66. The third-order valence-corrected chi connectivity index (χ3v) is 6.25. The third kappa shape index (κ3) is 1.95. The van der Waals surface area contributed by atoms with Gasteiger partial charge in [0.05, 0.1) is 18.4 Å². The van der Waals surface area contributed by atoms with E-state index in [0.29, 0.717) is 23.5 Å². The van der Waals surface area contributed by atoms with Crippen LogP contribution in [0.25, 0.3) is 0 Å². The molecule has 3 rings (SSSR count). The summed E-state index contributed by atoms with van der Waals surface area (Å²) in [4.78, 5) is 4.40. The Kier molecular flexibility index (Phi) is 3.28. The first-order valence-corrected chi connectivity index (χ1v) is 7.71. The van der Waals surface area contributed by atoms with Gasteiger partial charge in [0.2, 0.25) is 0 Å². The topological polar surface area (TPSA) is 34.2 Å². The van der Waals surface area contributed by atoms with E-state index in [1.807, 2.05) is 19.3 Å². The molecule has 3 atom stereocenters. The molecule has 20 heavy (non-hydrogen) atoms. The molecule has 0 spiro atoms. The summed E-state index contributed by atoms with van der Waals surface area (Å²) in [6, 6.07) is 4.05. The maximum Gasteiger partial charge on any atom is 0.0892 e. The number of rotatable bonds is 4.